The highest BCUT2D eigenvalue weighted by molar-refractivity contribution is 6.02. The van der Waals surface area contributed by atoms with E-state index in [-0.39, 0.29) is 23.8 Å². The van der Waals surface area contributed by atoms with Crippen molar-refractivity contribution in [2.24, 2.45) is 0 Å². The van der Waals surface area contributed by atoms with Gasteiger partial charge in [-0.3, -0.25) is 9.59 Å². The van der Waals surface area contributed by atoms with Gasteiger partial charge in [0.1, 0.15) is 0 Å². The van der Waals surface area contributed by atoms with Crippen molar-refractivity contribution in [2.45, 2.75) is 39.1 Å². The number of carbonyl (C=O) groups excluding carboxylic acids is 2. The van der Waals surface area contributed by atoms with Crippen LogP contribution in [0.2, 0.25) is 0 Å². The predicted octanol–water partition coefficient (Wildman–Crippen LogP) is 1.10. The normalized spacial score (nSPS) is 21.4. The molecule has 2 aromatic rings. The largest absolute Gasteiger partial charge is 0.448 e. The summed E-state index contributed by atoms with van der Waals surface area (Å²) in [5.74, 6) is -1.04. The topological polar surface area (TPSA) is 102 Å². The molecule has 8 heteroatoms. The van der Waals surface area contributed by atoms with Gasteiger partial charge in [-0.2, -0.15) is 5.10 Å². The zero-order valence-corrected chi connectivity index (χ0v) is 14.9. The van der Waals surface area contributed by atoms with Gasteiger partial charge in [-0.15, -0.1) is 0 Å². The maximum atomic E-state index is 12.6. The zero-order valence-electron chi connectivity index (χ0n) is 14.9. The summed E-state index contributed by atoms with van der Waals surface area (Å²) in [7, 11) is 0. The van der Waals surface area contributed by atoms with E-state index in [2.05, 4.69) is 10.2 Å². The average Bonchev–Trinajstić information content (AvgIpc) is 2.60. The summed E-state index contributed by atoms with van der Waals surface area (Å²) in [6, 6.07) is 6.61. The molecule has 1 fully saturated rings. The van der Waals surface area contributed by atoms with Gasteiger partial charge in [-0.25, -0.2) is 9.89 Å². The molecular weight excluding hydrogens is 338 g/mol. The molecule has 1 aromatic heterocycles. The van der Waals surface area contributed by atoms with E-state index in [0.717, 1.165) is 0 Å². The van der Waals surface area contributed by atoms with E-state index in [4.69, 9.17) is 9.47 Å². The van der Waals surface area contributed by atoms with Crippen LogP contribution >= 0.6 is 0 Å². The molecule has 1 aromatic carbocycles. The Balaban J connectivity index is 1.77. The van der Waals surface area contributed by atoms with Crippen molar-refractivity contribution in [3.63, 3.8) is 0 Å². The van der Waals surface area contributed by atoms with Crippen LogP contribution in [0.15, 0.2) is 29.1 Å². The van der Waals surface area contributed by atoms with Crippen LogP contribution < -0.4 is 5.56 Å². The van der Waals surface area contributed by atoms with Crippen LogP contribution in [0.3, 0.4) is 0 Å². The van der Waals surface area contributed by atoms with Crippen molar-refractivity contribution in [1.82, 2.24) is 15.1 Å². The van der Waals surface area contributed by atoms with E-state index in [1.54, 1.807) is 29.2 Å². The lowest BCUT2D eigenvalue weighted by molar-refractivity contribution is -0.151. The molecule has 1 saturated heterocycles. The monoisotopic (exact) mass is 359 g/mol. The average molecular weight is 359 g/mol. The van der Waals surface area contributed by atoms with Crippen molar-refractivity contribution in [3.05, 3.63) is 40.3 Å². The maximum Gasteiger partial charge on any atom is 0.360 e. The summed E-state index contributed by atoms with van der Waals surface area (Å²) in [5, 5.41) is 6.80. The first-order valence-electron chi connectivity index (χ1n) is 8.49. The van der Waals surface area contributed by atoms with Gasteiger partial charge in [0.15, 0.2) is 11.8 Å². The Morgan fingerprint density at radius 3 is 2.50 bits per heavy atom. The minimum Gasteiger partial charge on any atom is -0.448 e. The van der Waals surface area contributed by atoms with Gasteiger partial charge in [0.25, 0.3) is 11.5 Å². The van der Waals surface area contributed by atoms with E-state index < -0.39 is 17.6 Å². The van der Waals surface area contributed by atoms with Crippen molar-refractivity contribution >= 4 is 22.6 Å². The second kappa shape index (κ2) is 7.25. The van der Waals surface area contributed by atoms with Gasteiger partial charge in [-0.1, -0.05) is 18.2 Å². The number of benzene rings is 1. The Hall–Kier alpha value is -2.74. The van der Waals surface area contributed by atoms with Gasteiger partial charge in [0.2, 0.25) is 0 Å². The minimum absolute atomic E-state index is 0.0245. The lowest BCUT2D eigenvalue weighted by Gasteiger charge is -2.36. The fourth-order valence-electron chi connectivity index (χ4n) is 3.15. The first-order valence-corrected chi connectivity index (χ1v) is 8.49. The van der Waals surface area contributed by atoms with Gasteiger partial charge < -0.3 is 14.4 Å². The summed E-state index contributed by atoms with van der Waals surface area (Å²) in [6.45, 7) is 6.21. The molecule has 26 heavy (non-hydrogen) atoms. The molecule has 3 unspecified atom stereocenters. The lowest BCUT2D eigenvalue weighted by Crippen LogP contribution is -2.51. The number of H-pyrrole nitrogens is 1. The summed E-state index contributed by atoms with van der Waals surface area (Å²) < 4.78 is 10.9. The van der Waals surface area contributed by atoms with Crippen molar-refractivity contribution in [1.29, 1.82) is 0 Å². The second-order valence-corrected chi connectivity index (χ2v) is 6.49. The number of aromatic nitrogens is 2. The number of fused-ring (bicyclic) bond motifs is 1. The van der Waals surface area contributed by atoms with E-state index >= 15 is 0 Å². The minimum atomic E-state index is -0.965. The fraction of sp³-hybridized carbons (Fsp3) is 0.444. The second-order valence-electron chi connectivity index (χ2n) is 6.49. The van der Waals surface area contributed by atoms with Crippen LogP contribution in [0.1, 0.15) is 31.3 Å². The Bertz CT molecular complexity index is 884. The fourth-order valence-corrected chi connectivity index (χ4v) is 3.15. The molecule has 1 aliphatic rings. The SMILES string of the molecule is CC1CN(C(=O)C(C)OC(=O)c2n[nH]c(=O)c3ccccc23)CC(C)O1. The molecule has 1 aliphatic heterocycles. The number of rotatable bonds is 3. The van der Waals surface area contributed by atoms with E-state index in [0.29, 0.717) is 23.9 Å². The van der Waals surface area contributed by atoms with Crippen LogP contribution in [0.4, 0.5) is 0 Å². The number of hydrogen-bond donors (Lipinski definition) is 1. The van der Waals surface area contributed by atoms with E-state index in [9.17, 15) is 14.4 Å². The summed E-state index contributed by atoms with van der Waals surface area (Å²) in [6.07, 6.45) is -1.11. The molecular formula is C18H21N3O5. The Kier molecular flexibility index (Phi) is 5.03. The van der Waals surface area contributed by atoms with Crippen LogP contribution in [-0.2, 0) is 14.3 Å². The first-order chi connectivity index (χ1) is 12.4. The predicted molar refractivity (Wildman–Crippen MR) is 93.8 cm³/mol. The number of morpholine rings is 1. The standard InChI is InChI=1S/C18H21N3O5/c1-10-8-21(9-11(2)25-10)17(23)12(3)26-18(24)15-13-6-4-5-7-14(13)16(22)20-19-15/h4-7,10-12H,8-9H2,1-3H3,(H,20,22). The highest BCUT2D eigenvalue weighted by Crippen LogP contribution is 2.16. The molecule has 3 atom stereocenters. The number of ether oxygens (including phenoxy) is 2. The molecule has 0 bridgehead atoms. The molecule has 3 rings (SSSR count). The van der Waals surface area contributed by atoms with E-state index in [1.165, 1.54) is 6.92 Å². The summed E-state index contributed by atoms with van der Waals surface area (Å²) in [5.41, 5.74) is -0.416. The quantitative estimate of drug-likeness (QED) is 0.824. The smallest absolute Gasteiger partial charge is 0.360 e. The third-order valence-corrected chi connectivity index (χ3v) is 4.25. The van der Waals surface area contributed by atoms with Gasteiger partial charge in [-0.05, 0) is 26.8 Å². The van der Waals surface area contributed by atoms with Crippen LogP contribution in [0, 0.1) is 0 Å². The molecule has 1 amide bonds. The molecule has 0 saturated carbocycles. The van der Waals surface area contributed by atoms with Crippen LogP contribution in [-0.4, -0.2) is 58.4 Å². The molecule has 1 N–H and O–H groups in total. The van der Waals surface area contributed by atoms with Crippen LogP contribution in [0.25, 0.3) is 10.8 Å². The number of amides is 1. The zero-order chi connectivity index (χ0) is 18.8. The number of aromatic amines is 1. The maximum absolute atomic E-state index is 12.6. The molecule has 138 valence electrons. The Morgan fingerprint density at radius 2 is 1.85 bits per heavy atom. The number of nitrogens with zero attached hydrogens (tertiary/aromatic N) is 2. The highest BCUT2D eigenvalue weighted by Gasteiger charge is 2.31. The van der Waals surface area contributed by atoms with Crippen molar-refractivity contribution < 1.29 is 19.1 Å². The Labute approximate surface area is 150 Å². The van der Waals surface area contributed by atoms with Crippen LogP contribution in [0.5, 0.6) is 0 Å². The number of nitrogens with one attached hydrogen (secondary N) is 1. The van der Waals surface area contributed by atoms with Gasteiger partial charge in [0, 0.05) is 18.5 Å². The number of carbonyl (C=O) groups is 2. The Morgan fingerprint density at radius 1 is 1.23 bits per heavy atom. The number of hydrogen-bond acceptors (Lipinski definition) is 6. The van der Waals surface area contributed by atoms with Crippen molar-refractivity contribution in [3.8, 4) is 0 Å². The van der Waals surface area contributed by atoms with Crippen molar-refractivity contribution in [2.75, 3.05) is 13.1 Å². The molecule has 8 nitrogen and oxygen atoms in total. The molecule has 0 spiro atoms. The third-order valence-electron chi connectivity index (χ3n) is 4.25. The highest BCUT2D eigenvalue weighted by atomic mass is 16.5. The van der Waals surface area contributed by atoms with Gasteiger partial charge in [0.05, 0.1) is 17.6 Å². The summed E-state index contributed by atoms with van der Waals surface area (Å²) in [4.78, 5) is 38.5. The molecule has 0 radical (unpaired) electrons. The first kappa shape index (κ1) is 18.1. The molecule has 2 heterocycles. The number of esters is 1. The summed E-state index contributed by atoms with van der Waals surface area (Å²) >= 11 is 0. The van der Waals surface area contributed by atoms with Gasteiger partial charge >= 0.3 is 5.97 Å². The molecule has 0 aliphatic carbocycles. The lowest BCUT2D eigenvalue weighted by atomic mass is 10.1. The third kappa shape index (κ3) is 3.60. The van der Waals surface area contributed by atoms with E-state index in [1.807, 2.05) is 13.8 Å².